The minimum atomic E-state index is -0.855. The van der Waals surface area contributed by atoms with E-state index in [-0.39, 0.29) is 24.5 Å². The molecule has 2 saturated carbocycles. The summed E-state index contributed by atoms with van der Waals surface area (Å²) in [6, 6.07) is 0.578. The van der Waals surface area contributed by atoms with E-state index in [1.54, 1.807) is 24.7 Å². The van der Waals surface area contributed by atoms with Gasteiger partial charge in [-0.25, -0.2) is 9.78 Å². The standard InChI is InChI=1S/C28H40N8O5/c1-4-41-27(40)23-17(2)30-28(32-19-15-29-34(3)16-19)33-24(23)31-18-5-7-20(8-6-18)35-11-13-36(14-12-35)25(37)21-9-10-22(21)26(38)39/h15-16,18,20-22H,4-14H2,1-3H3,(H,38,39)(H2,30,31,32,33)/t18?,20?,21-,22-/m0/s1. The van der Waals surface area contributed by atoms with Gasteiger partial charge in [0.1, 0.15) is 11.4 Å². The van der Waals surface area contributed by atoms with Gasteiger partial charge in [0.25, 0.3) is 0 Å². The zero-order valence-electron chi connectivity index (χ0n) is 24.0. The molecule has 1 saturated heterocycles. The monoisotopic (exact) mass is 568 g/mol. The molecule has 3 aliphatic rings. The average Bonchev–Trinajstić information content (AvgIpc) is 3.32. The molecule has 13 heteroatoms. The molecule has 2 aromatic rings. The van der Waals surface area contributed by atoms with Gasteiger partial charge in [-0.3, -0.25) is 19.2 Å². The second-order valence-electron chi connectivity index (χ2n) is 11.2. The molecular formula is C28H40N8O5. The SMILES string of the molecule is CCOC(=O)c1c(C)nc(Nc2cnn(C)c2)nc1NC1CCC(N2CCN(C(=O)[C@H]3CC[C@@H]3C(=O)O)CC2)CC1. The molecule has 0 spiro atoms. The highest BCUT2D eigenvalue weighted by molar-refractivity contribution is 5.96. The van der Waals surface area contributed by atoms with Crippen LogP contribution >= 0.6 is 0 Å². The third kappa shape index (κ3) is 6.45. The highest BCUT2D eigenvalue weighted by atomic mass is 16.5. The van der Waals surface area contributed by atoms with E-state index in [0.717, 1.165) is 44.5 Å². The van der Waals surface area contributed by atoms with Crippen LogP contribution in [0.25, 0.3) is 0 Å². The second-order valence-corrected chi connectivity index (χ2v) is 11.2. The van der Waals surface area contributed by atoms with E-state index in [1.165, 1.54) is 0 Å². The molecule has 13 nitrogen and oxygen atoms in total. The Morgan fingerprint density at radius 3 is 2.32 bits per heavy atom. The number of nitrogens with zero attached hydrogens (tertiary/aromatic N) is 6. The number of carbonyl (C=O) groups excluding carboxylic acids is 2. The first-order valence-electron chi connectivity index (χ1n) is 14.6. The number of rotatable bonds is 9. The summed E-state index contributed by atoms with van der Waals surface area (Å²) in [4.78, 5) is 50.5. The van der Waals surface area contributed by atoms with Crippen molar-refractivity contribution in [3.05, 3.63) is 23.7 Å². The molecule has 0 radical (unpaired) electrons. The van der Waals surface area contributed by atoms with E-state index in [4.69, 9.17) is 4.74 Å². The average molecular weight is 569 g/mol. The number of carboxylic acid groups (broad SMARTS) is 1. The summed E-state index contributed by atoms with van der Waals surface area (Å²) in [6.07, 6.45) is 8.61. The Bertz CT molecular complexity index is 1270. The number of nitrogens with one attached hydrogen (secondary N) is 2. The maximum atomic E-state index is 12.8. The van der Waals surface area contributed by atoms with Gasteiger partial charge in [0.2, 0.25) is 11.9 Å². The number of hydrogen-bond donors (Lipinski definition) is 3. The van der Waals surface area contributed by atoms with Gasteiger partial charge in [-0.1, -0.05) is 0 Å². The fourth-order valence-corrected chi connectivity index (χ4v) is 6.21. The van der Waals surface area contributed by atoms with Crippen molar-refractivity contribution in [1.82, 2.24) is 29.5 Å². The summed E-state index contributed by atoms with van der Waals surface area (Å²) in [6.45, 7) is 6.72. The van der Waals surface area contributed by atoms with Gasteiger partial charge in [0.05, 0.1) is 36.0 Å². The number of amides is 1. The minimum Gasteiger partial charge on any atom is -0.481 e. The number of hydrogen-bond acceptors (Lipinski definition) is 10. The summed E-state index contributed by atoms with van der Waals surface area (Å²) in [5, 5.41) is 20.2. The molecule has 2 aliphatic carbocycles. The molecule has 222 valence electrons. The Morgan fingerprint density at radius 1 is 1.02 bits per heavy atom. The Morgan fingerprint density at radius 2 is 1.73 bits per heavy atom. The fourth-order valence-electron chi connectivity index (χ4n) is 6.21. The molecule has 1 amide bonds. The van der Waals surface area contributed by atoms with Crippen LogP contribution in [0.5, 0.6) is 0 Å². The molecule has 1 aliphatic heterocycles. The van der Waals surface area contributed by atoms with Crippen LogP contribution in [0.1, 0.15) is 61.5 Å². The van der Waals surface area contributed by atoms with Crippen molar-refractivity contribution in [2.24, 2.45) is 18.9 Å². The molecule has 0 bridgehead atoms. The molecule has 2 atom stereocenters. The predicted octanol–water partition coefficient (Wildman–Crippen LogP) is 2.42. The van der Waals surface area contributed by atoms with Crippen molar-refractivity contribution in [3.63, 3.8) is 0 Å². The van der Waals surface area contributed by atoms with E-state index in [2.05, 4.69) is 30.6 Å². The summed E-state index contributed by atoms with van der Waals surface area (Å²) >= 11 is 0. The first-order valence-corrected chi connectivity index (χ1v) is 14.6. The normalized spacial score (nSPS) is 24.8. The lowest BCUT2D eigenvalue weighted by atomic mass is 9.73. The van der Waals surface area contributed by atoms with Crippen molar-refractivity contribution in [1.29, 1.82) is 0 Å². The number of ether oxygens (including phenoxy) is 1. The predicted molar refractivity (Wildman–Crippen MR) is 151 cm³/mol. The van der Waals surface area contributed by atoms with Crippen molar-refractivity contribution < 1.29 is 24.2 Å². The van der Waals surface area contributed by atoms with Crippen LogP contribution in [0.15, 0.2) is 12.4 Å². The van der Waals surface area contributed by atoms with E-state index < -0.39 is 17.9 Å². The third-order valence-electron chi connectivity index (χ3n) is 8.62. The smallest absolute Gasteiger partial charge is 0.343 e. The van der Waals surface area contributed by atoms with E-state index in [0.29, 0.717) is 55.0 Å². The van der Waals surface area contributed by atoms with Gasteiger partial charge < -0.3 is 25.4 Å². The molecule has 0 aromatic carbocycles. The van der Waals surface area contributed by atoms with Gasteiger partial charge in [-0.05, 0) is 52.4 Å². The zero-order chi connectivity index (χ0) is 29.1. The number of anilines is 3. The lowest BCUT2D eigenvalue weighted by Gasteiger charge is -2.44. The van der Waals surface area contributed by atoms with Gasteiger partial charge in [-0.2, -0.15) is 10.1 Å². The van der Waals surface area contributed by atoms with E-state index in [1.807, 2.05) is 18.1 Å². The molecular weight excluding hydrogens is 528 g/mol. The van der Waals surface area contributed by atoms with Crippen LogP contribution in [0.3, 0.4) is 0 Å². The van der Waals surface area contributed by atoms with Crippen LogP contribution in [0.4, 0.5) is 17.5 Å². The minimum absolute atomic E-state index is 0.00569. The summed E-state index contributed by atoms with van der Waals surface area (Å²) < 4.78 is 6.99. The molecule has 0 unspecified atom stereocenters. The second kappa shape index (κ2) is 12.4. The number of piperazine rings is 1. The number of aliphatic carboxylic acids is 1. The lowest BCUT2D eigenvalue weighted by Crippen LogP contribution is -2.56. The number of aromatic nitrogens is 4. The maximum Gasteiger partial charge on any atom is 0.343 e. The number of carbonyl (C=O) groups is 3. The Labute approximate surface area is 239 Å². The molecule has 41 heavy (non-hydrogen) atoms. The lowest BCUT2D eigenvalue weighted by molar-refractivity contribution is -0.157. The topological polar surface area (TPSA) is 155 Å². The Balaban J connectivity index is 1.17. The molecule has 3 fully saturated rings. The quantitative estimate of drug-likeness (QED) is 0.382. The van der Waals surface area contributed by atoms with Crippen molar-refractivity contribution in [2.45, 2.75) is 64.5 Å². The molecule has 3 N–H and O–H groups in total. The number of carboxylic acids is 1. The van der Waals surface area contributed by atoms with Crippen molar-refractivity contribution >= 4 is 35.3 Å². The first-order chi connectivity index (χ1) is 19.7. The Kier molecular flexibility index (Phi) is 8.71. The van der Waals surface area contributed by atoms with Crippen LogP contribution in [-0.4, -0.2) is 97.4 Å². The van der Waals surface area contributed by atoms with Crippen molar-refractivity contribution in [2.75, 3.05) is 43.4 Å². The van der Waals surface area contributed by atoms with Gasteiger partial charge in [-0.15, -0.1) is 0 Å². The molecule has 5 rings (SSSR count). The zero-order valence-corrected chi connectivity index (χ0v) is 24.0. The molecule has 2 aromatic heterocycles. The molecule has 3 heterocycles. The van der Waals surface area contributed by atoms with Gasteiger partial charge in [0.15, 0.2) is 0 Å². The van der Waals surface area contributed by atoms with Crippen LogP contribution in [0, 0.1) is 18.8 Å². The van der Waals surface area contributed by atoms with E-state index >= 15 is 0 Å². The Hall–Kier alpha value is -3.74. The van der Waals surface area contributed by atoms with Crippen LogP contribution in [-0.2, 0) is 21.4 Å². The third-order valence-corrected chi connectivity index (χ3v) is 8.62. The summed E-state index contributed by atoms with van der Waals surface area (Å²) in [5.74, 6) is -1.33. The number of aryl methyl sites for hydroxylation is 2. The van der Waals surface area contributed by atoms with Gasteiger partial charge in [0, 0.05) is 51.5 Å². The summed E-state index contributed by atoms with van der Waals surface area (Å²) in [7, 11) is 1.83. The first kappa shape index (κ1) is 28.8. The highest BCUT2D eigenvalue weighted by Gasteiger charge is 2.43. The highest BCUT2D eigenvalue weighted by Crippen LogP contribution is 2.36. The van der Waals surface area contributed by atoms with E-state index in [9.17, 15) is 19.5 Å². The van der Waals surface area contributed by atoms with Crippen molar-refractivity contribution in [3.8, 4) is 0 Å². The van der Waals surface area contributed by atoms with Crippen LogP contribution in [0.2, 0.25) is 0 Å². The largest absolute Gasteiger partial charge is 0.481 e. The fraction of sp³-hybridized carbons (Fsp3) is 0.643. The number of esters is 1. The maximum absolute atomic E-state index is 12.8. The van der Waals surface area contributed by atoms with Crippen LogP contribution < -0.4 is 10.6 Å². The summed E-state index contributed by atoms with van der Waals surface area (Å²) in [5.41, 5.74) is 1.63. The van der Waals surface area contributed by atoms with Gasteiger partial charge >= 0.3 is 11.9 Å².